The normalized spacial score (nSPS) is 11.0. The molecule has 3 N–H and O–H groups in total. The third-order valence-electron chi connectivity index (χ3n) is 4.60. The van der Waals surface area contributed by atoms with Crippen LogP contribution in [0.1, 0.15) is 34.1 Å². The Bertz CT molecular complexity index is 1210. The summed E-state index contributed by atoms with van der Waals surface area (Å²) >= 11 is 0. The molecular formula is C21H19N5O2. The van der Waals surface area contributed by atoms with E-state index < -0.39 is 5.91 Å². The van der Waals surface area contributed by atoms with E-state index in [0.717, 1.165) is 22.8 Å². The summed E-state index contributed by atoms with van der Waals surface area (Å²) in [7, 11) is 0. The molecule has 0 atom stereocenters. The van der Waals surface area contributed by atoms with Gasteiger partial charge in [-0.3, -0.25) is 19.9 Å². The van der Waals surface area contributed by atoms with Gasteiger partial charge in [0.25, 0.3) is 5.91 Å². The molecule has 2 aromatic carbocycles. The molecule has 2 heterocycles. The quantitative estimate of drug-likeness (QED) is 0.560. The lowest BCUT2D eigenvalue weighted by Crippen LogP contribution is -2.16. The number of carbonyl (C=O) groups excluding carboxylic acids is 2. The van der Waals surface area contributed by atoms with Crippen molar-refractivity contribution >= 4 is 39.7 Å². The number of rotatable bonds is 5. The van der Waals surface area contributed by atoms with Crippen LogP contribution in [0.5, 0.6) is 0 Å². The molecule has 0 aliphatic rings. The molecule has 4 aromatic rings. The minimum Gasteiger partial charge on any atom is -0.366 e. The second kappa shape index (κ2) is 7.11. The Morgan fingerprint density at radius 1 is 1.11 bits per heavy atom. The molecule has 0 aliphatic carbocycles. The van der Waals surface area contributed by atoms with Crippen LogP contribution in [0.4, 0.5) is 5.95 Å². The summed E-state index contributed by atoms with van der Waals surface area (Å²) in [5.74, 6) is -0.341. The van der Waals surface area contributed by atoms with Gasteiger partial charge in [0.15, 0.2) is 0 Å². The lowest BCUT2D eigenvalue weighted by atomic mass is 10.1. The van der Waals surface area contributed by atoms with Crippen molar-refractivity contribution in [1.29, 1.82) is 0 Å². The average molecular weight is 373 g/mol. The summed E-state index contributed by atoms with van der Waals surface area (Å²) in [5.41, 5.74) is 8.48. The van der Waals surface area contributed by atoms with Crippen LogP contribution in [0.25, 0.3) is 21.9 Å². The lowest BCUT2D eigenvalue weighted by Gasteiger charge is -2.10. The number of carbonyl (C=O) groups is 2. The van der Waals surface area contributed by atoms with Gasteiger partial charge in [0, 0.05) is 23.7 Å². The smallest absolute Gasteiger partial charge is 0.258 e. The summed E-state index contributed by atoms with van der Waals surface area (Å²) in [6.45, 7) is 2.73. The van der Waals surface area contributed by atoms with E-state index in [1.54, 1.807) is 30.5 Å². The zero-order valence-electron chi connectivity index (χ0n) is 15.3. The number of fused-ring (bicyclic) bond motifs is 2. The topological polar surface area (TPSA) is 103 Å². The summed E-state index contributed by atoms with van der Waals surface area (Å²) < 4.78 is 1.93. The van der Waals surface area contributed by atoms with E-state index in [1.807, 2.05) is 35.8 Å². The molecule has 0 spiro atoms. The van der Waals surface area contributed by atoms with Crippen molar-refractivity contribution in [3.8, 4) is 0 Å². The number of aromatic nitrogens is 3. The van der Waals surface area contributed by atoms with Crippen molar-refractivity contribution in [3.63, 3.8) is 0 Å². The summed E-state index contributed by atoms with van der Waals surface area (Å²) in [5, 5.41) is 3.69. The molecule has 0 bridgehead atoms. The predicted octanol–water partition coefficient (Wildman–Crippen LogP) is 3.35. The highest BCUT2D eigenvalue weighted by atomic mass is 16.2. The van der Waals surface area contributed by atoms with Crippen molar-refractivity contribution in [2.45, 2.75) is 19.9 Å². The number of hydrogen-bond donors (Lipinski definition) is 2. The fraction of sp³-hybridized carbons (Fsp3) is 0.143. The molecule has 140 valence electrons. The Morgan fingerprint density at radius 2 is 1.93 bits per heavy atom. The van der Waals surface area contributed by atoms with Crippen molar-refractivity contribution in [2.75, 3.05) is 5.32 Å². The van der Waals surface area contributed by atoms with Gasteiger partial charge in [-0.15, -0.1) is 0 Å². The number of nitrogens with zero attached hydrogens (tertiary/aromatic N) is 3. The molecule has 0 saturated heterocycles. The van der Waals surface area contributed by atoms with Gasteiger partial charge >= 0.3 is 0 Å². The molecule has 0 saturated carbocycles. The monoisotopic (exact) mass is 373 g/mol. The number of imidazole rings is 1. The van der Waals surface area contributed by atoms with E-state index in [0.29, 0.717) is 29.1 Å². The molecule has 2 aromatic heterocycles. The van der Waals surface area contributed by atoms with E-state index in [9.17, 15) is 9.59 Å². The summed E-state index contributed by atoms with van der Waals surface area (Å²) in [4.78, 5) is 33.3. The zero-order chi connectivity index (χ0) is 19.7. The van der Waals surface area contributed by atoms with Gasteiger partial charge in [-0.2, -0.15) is 0 Å². The second-order valence-corrected chi connectivity index (χ2v) is 6.48. The van der Waals surface area contributed by atoms with E-state index in [4.69, 9.17) is 5.73 Å². The minimum atomic E-state index is -0.513. The number of nitrogens with one attached hydrogen (secondary N) is 1. The zero-order valence-corrected chi connectivity index (χ0v) is 15.3. The Balaban J connectivity index is 1.76. The third-order valence-corrected chi connectivity index (χ3v) is 4.60. The fourth-order valence-electron chi connectivity index (χ4n) is 3.29. The van der Waals surface area contributed by atoms with Gasteiger partial charge in [0.2, 0.25) is 11.9 Å². The van der Waals surface area contributed by atoms with E-state index >= 15 is 0 Å². The van der Waals surface area contributed by atoms with Crippen LogP contribution in [-0.4, -0.2) is 26.3 Å². The predicted molar refractivity (Wildman–Crippen MR) is 108 cm³/mol. The SMILES string of the molecule is CCCn1c(NC(=O)c2ccnc3ccccc23)nc2cc(C(N)=O)ccc21. The minimum absolute atomic E-state index is 0.263. The summed E-state index contributed by atoms with van der Waals surface area (Å²) in [6.07, 6.45) is 2.48. The van der Waals surface area contributed by atoms with Crippen LogP contribution >= 0.6 is 0 Å². The van der Waals surface area contributed by atoms with Crippen LogP contribution in [0.15, 0.2) is 54.7 Å². The first-order valence-corrected chi connectivity index (χ1v) is 9.03. The van der Waals surface area contributed by atoms with Crippen molar-refractivity contribution < 1.29 is 9.59 Å². The molecule has 2 amide bonds. The highest BCUT2D eigenvalue weighted by Gasteiger charge is 2.17. The number of para-hydroxylation sites is 1. The number of anilines is 1. The molecule has 7 nitrogen and oxygen atoms in total. The first-order valence-electron chi connectivity index (χ1n) is 9.03. The van der Waals surface area contributed by atoms with Crippen LogP contribution in [0.3, 0.4) is 0 Å². The molecule has 28 heavy (non-hydrogen) atoms. The number of benzene rings is 2. The Kier molecular flexibility index (Phi) is 4.49. The number of nitrogens with two attached hydrogens (primary N) is 1. The van der Waals surface area contributed by atoms with Crippen molar-refractivity contribution in [2.24, 2.45) is 5.73 Å². The molecule has 4 rings (SSSR count). The summed E-state index contributed by atoms with van der Waals surface area (Å²) in [6, 6.07) is 14.3. The number of pyridine rings is 1. The average Bonchev–Trinajstić information content (AvgIpc) is 3.04. The molecule has 0 aliphatic heterocycles. The van der Waals surface area contributed by atoms with Gasteiger partial charge < -0.3 is 10.3 Å². The maximum absolute atomic E-state index is 13.0. The van der Waals surface area contributed by atoms with E-state index in [-0.39, 0.29) is 5.91 Å². The molecule has 7 heteroatoms. The van der Waals surface area contributed by atoms with Gasteiger partial charge in [-0.1, -0.05) is 25.1 Å². The molecule has 0 unspecified atom stereocenters. The van der Waals surface area contributed by atoms with Crippen LogP contribution in [0.2, 0.25) is 0 Å². The fourth-order valence-corrected chi connectivity index (χ4v) is 3.29. The van der Waals surface area contributed by atoms with E-state index in [1.165, 1.54) is 0 Å². The molecule has 0 fully saturated rings. The highest BCUT2D eigenvalue weighted by molar-refractivity contribution is 6.12. The van der Waals surface area contributed by atoms with Crippen LogP contribution < -0.4 is 11.1 Å². The number of hydrogen-bond acceptors (Lipinski definition) is 4. The van der Waals surface area contributed by atoms with Crippen LogP contribution in [-0.2, 0) is 6.54 Å². The standard InChI is InChI=1S/C21H19N5O2/c1-2-11-26-18-8-7-13(19(22)27)12-17(18)24-21(26)25-20(28)15-9-10-23-16-6-4-3-5-14(15)16/h3-10,12H,2,11H2,1H3,(H2,22,27)(H,24,25,28). The van der Waals surface area contributed by atoms with Gasteiger partial charge in [-0.25, -0.2) is 4.98 Å². The van der Waals surface area contributed by atoms with Gasteiger partial charge in [-0.05, 0) is 36.8 Å². The first kappa shape index (κ1) is 17.7. The van der Waals surface area contributed by atoms with Crippen LogP contribution in [0, 0.1) is 0 Å². The van der Waals surface area contributed by atoms with Crippen molar-refractivity contribution in [3.05, 3.63) is 65.9 Å². The maximum atomic E-state index is 13.0. The van der Waals surface area contributed by atoms with Gasteiger partial charge in [0.05, 0.1) is 22.1 Å². The van der Waals surface area contributed by atoms with Gasteiger partial charge in [0.1, 0.15) is 0 Å². The Hall–Kier alpha value is -3.74. The Labute approximate surface area is 161 Å². The van der Waals surface area contributed by atoms with E-state index in [2.05, 4.69) is 15.3 Å². The largest absolute Gasteiger partial charge is 0.366 e. The number of amides is 2. The lowest BCUT2D eigenvalue weighted by molar-refractivity contribution is 0.0997. The first-order chi connectivity index (χ1) is 13.6. The third kappa shape index (κ3) is 3.07. The molecular weight excluding hydrogens is 354 g/mol. The molecule has 0 radical (unpaired) electrons. The number of primary amides is 1. The second-order valence-electron chi connectivity index (χ2n) is 6.48. The number of aryl methyl sites for hydroxylation is 1. The maximum Gasteiger partial charge on any atom is 0.258 e. The highest BCUT2D eigenvalue weighted by Crippen LogP contribution is 2.23. The Morgan fingerprint density at radius 3 is 2.71 bits per heavy atom. The van der Waals surface area contributed by atoms with Crippen molar-refractivity contribution in [1.82, 2.24) is 14.5 Å².